The maximum atomic E-state index is 5.27. The Labute approximate surface area is 141 Å². The fourth-order valence-electron chi connectivity index (χ4n) is 1.87. The Bertz CT molecular complexity index is 612. The van der Waals surface area contributed by atoms with Crippen molar-refractivity contribution < 1.29 is 0 Å². The summed E-state index contributed by atoms with van der Waals surface area (Å²) in [6.07, 6.45) is 1.06. The highest BCUT2D eigenvalue weighted by Gasteiger charge is 1.99. The van der Waals surface area contributed by atoms with E-state index in [4.69, 9.17) is 12.2 Å². The Morgan fingerprint density at radius 1 is 1.14 bits per heavy atom. The summed E-state index contributed by atoms with van der Waals surface area (Å²) in [6, 6.07) is 14.5. The van der Waals surface area contributed by atoms with Crippen LogP contribution in [-0.4, -0.2) is 22.4 Å². The van der Waals surface area contributed by atoms with Gasteiger partial charge < -0.3 is 10.6 Å². The maximum absolute atomic E-state index is 5.27. The van der Waals surface area contributed by atoms with Gasteiger partial charge in [0.05, 0.1) is 0 Å². The lowest BCUT2D eigenvalue weighted by atomic mass is 10.2. The molecule has 0 aliphatic carbocycles. The minimum absolute atomic E-state index is 0.624. The number of anilines is 1. The number of rotatable bonds is 6. The number of aromatic nitrogens is 1. The molecule has 0 radical (unpaired) electrons. The molecule has 0 bridgehead atoms. The minimum atomic E-state index is 0.624. The van der Waals surface area contributed by atoms with Crippen LogP contribution in [0, 0.1) is 13.8 Å². The van der Waals surface area contributed by atoms with Crippen LogP contribution in [0.4, 0.5) is 5.82 Å². The topological polar surface area (TPSA) is 37.0 Å². The summed E-state index contributed by atoms with van der Waals surface area (Å²) in [5.74, 6) is 1.85. The molecule has 116 valence electrons. The summed E-state index contributed by atoms with van der Waals surface area (Å²) in [6.45, 7) is 4.93. The molecule has 5 heteroatoms. The van der Waals surface area contributed by atoms with Gasteiger partial charge in [-0.15, -0.1) is 11.8 Å². The van der Waals surface area contributed by atoms with E-state index in [1.54, 1.807) is 0 Å². The number of pyridine rings is 1. The van der Waals surface area contributed by atoms with Crippen molar-refractivity contribution in [2.45, 2.75) is 25.2 Å². The van der Waals surface area contributed by atoms with Crippen molar-refractivity contribution in [1.82, 2.24) is 10.3 Å². The molecular formula is C17H21N3S2. The molecule has 0 aliphatic rings. The van der Waals surface area contributed by atoms with E-state index in [1.165, 1.54) is 10.5 Å². The number of thiocarbonyl (C=S) groups is 1. The van der Waals surface area contributed by atoms with Gasteiger partial charge in [0, 0.05) is 17.1 Å². The normalized spacial score (nSPS) is 10.3. The fraction of sp³-hybridized carbons (Fsp3) is 0.294. The second-order valence-electron chi connectivity index (χ2n) is 5.06. The summed E-state index contributed by atoms with van der Waals surface area (Å²) in [5.41, 5.74) is 2.27. The van der Waals surface area contributed by atoms with Crippen LogP contribution in [0.25, 0.3) is 0 Å². The third kappa shape index (κ3) is 6.03. The molecule has 2 aromatic rings. The van der Waals surface area contributed by atoms with Crippen LogP contribution in [-0.2, 0) is 0 Å². The van der Waals surface area contributed by atoms with Gasteiger partial charge in [0.15, 0.2) is 5.11 Å². The Morgan fingerprint density at radius 2 is 1.91 bits per heavy atom. The predicted molar refractivity (Wildman–Crippen MR) is 99.7 cm³/mol. The first-order chi connectivity index (χ1) is 10.6. The Kier molecular flexibility index (Phi) is 6.68. The van der Waals surface area contributed by atoms with Crippen LogP contribution in [0.15, 0.2) is 47.4 Å². The Hall–Kier alpha value is -1.59. The maximum Gasteiger partial charge on any atom is 0.171 e. The molecule has 0 aliphatic heterocycles. The molecule has 0 saturated carbocycles. The van der Waals surface area contributed by atoms with Crippen molar-refractivity contribution in [1.29, 1.82) is 0 Å². The highest BCUT2D eigenvalue weighted by Crippen LogP contribution is 2.18. The molecule has 1 aromatic carbocycles. The van der Waals surface area contributed by atoms with E-state index in [0.717, 1.165) is 30.2 Å². The molecule has 3 nitrogen and oxygen atoms in total. The molecule has 0 spiro atoms. The summed E-state index contributed by atoms with van der Waals surface area (Å²) in [5, 5.41) is 6.94. The lowest BCUT2D eigenvalue weighted by molar-refractivity contribution is 0.854. The lowest BCUT2D eigenvalue weighted by Crippen LogP contribution is -2.29. The fourth-order valence-corrected chi connectivity index (χ4v) is 2.93. The van der Waals surface area contributed by atoms with E-state index in [1.807, 2.05) is 36.9 Å². The monoisotopic (exact) mass is 331 g/mol. The molecule has 0 atom stereocenters. The van der Waals surface area contributed by atoms with Gasteiger partial charge in [0.1, 0.15) is 5.82 Å². The number of benzene rings is 1. The summed E-state index contributed by atoms with van der Waals surface area (Å²) in [4.78, 5) is 5.68. The summed E-state index contributed by atoms with van der Waals surface area (Å²) in [7, 11) is 0. The Balaban J connectivity index is 1.62. The van der Waals surface area contributed by atoms with Gasteiger partial charge in [-0.05, 0) is 62.5 Å². The summed E-state index contributed by atoms with van der Waals surface area (Å²) >= 11 is 7.14. The third-order valence-electron chi connectivity index (χ3n) is 3.03. The van der Waals surface area contributed by atoms with Gasteiger partial charge in [-0.3, -0.25) is 0 Å². The molecule has 0 unspecified atom stereocenters. The van der Waals surface area contributed by atoms with Crippen LogP contribution in [0.5, 0.6) is 0 Å². The number of hydrogen-bond acceptors (Lipinski definition) is 3. The van der Waals surface area contributed by atoms with E-state index in [0.29, 0.717) is 5.11 Å². The number of hydrogen-bond donors (Lipinski definition) is 2. The van der Waals surface area contributed by atoms with Crippen molar-refractivity contribution in [3.8, 4) is 0 Å². The molecule has 1 aromatic heterocycles. The van der Waals surface area contributed by atoms with Crippen molar-refractivity contribution in [3.05, 3.63) is 53.7 Å². The highest BCUT2D eigenvalue weighted by atomic mass is 32.2. The quantitative estimate of drug-likeness (QED) is 0.472. The van der Waals surface area contributed by atoms with E-state index in [9.17, 15) is 0 Å². The van der Waals surface area contributed by atoms with Crippen LogP contribution >= 0.6 is 24.0 Å². The second-order valence-corrected chi connectivity index (χ2v) is 6.64. The highest BCUT2D eigenvalue weighted by molar-refractivity contribution is 7.99. The molecule has 2 rings (SSSR count). The van der Waals surface area contributed by atoms with Crippen molar-refractivity contribution in [3.63, 3.8) is 0 Å². The zero-order chi connectivity index (χ0) is 15.8. The second kappa shape index (κ2) is 8.76. The molecule has 0 amide bonds. The van der Waals surface area contributed by atoms with Crippen molar-refractivity contribution in [2.75, 3.05) is 17.6 Å². The lowest BCUT2D eigenvalue weighted by Gasteiger charge is -2.10. The molecular weight excluding hydrogens is 310 g/mol. The standard InChI is InChI=1S/C17H21N3S2/c1-13-7-9-15(10-8-13)22-12-4-11-18-17(21)20-16-6-3-5-14(2)19-16/h3,5-10H,4,11-12H2,1-2H3,(H2,18,19,20,21). The number of thioether (sulfide) groups is 1. The van der Waals surface area contributed by atoms with Crippen LogP contribution in [0.2, 0.25) is 0 Å². The van der Waals surface area contributed by atoms with Crippen LogP contribution in [0.3, 0.4) is 0 Å². The van der Waals surface area contributed by atoms with Crippen molar-refractivity contribution >= 4 is 34.9 Å². The predicted octanol–water partition coefficient (Wildman–Crippen LogP) is 4.17. The molecule has 22 heavy (non-hydrogen) atoms. The van der Waals surface area contributed by atoms with E-state index in [-0.39, 0.29) is 0 Å². The van der Waals surface area contributed by atoms with Gasteiger partial charge in [0.2, 0.25) is 0 Å². The largest absolute Gasteiger partial charge is 0.362 e. The van der Waals surface area contributed by atoms with Crippen LogP contribution in [0.1, 0.15) is 17.7 Å². The SMILES string of the molecule is Cc1ccc(SCCCNC(=S)Nc2cccc(C)n2)cc1. The van der Waals surface area contributed by atoms with Gasteiger partial charge >= 0.3 is 0 Å². The average molecular weight is 332 g/mol. The third-order valence-corrected chi connectivity index (χ3v) is 4.37. The zero-order valence-corrected chi connectivity index (χ0v) is 14.6. The zero-order valence-electron chi connectivity index (χ0n) is 12.9. The smallest absolute Gasteiger partial charge is 0.171 e. The van der Waals surface area contributed by atoms with E-state index >= 15 is 0 Å². The van der Waals surface area contributed by atoms with Gasteiger partial charge in [-0.2, -0.15) is 0 Å². The van der Waals surface area contributed by atoms with E-state index in [2.05, 4.69) is 46.8 Å². The Morgan fingerprint density at radius 3 is 2.64 bits per heavy atom. The number of nitrogens with one attached hydrogen (secondary N) is 2. The van der Waals surface area contributed by atoms with Gasteiger partial charge in [0.25, 0.3) is 0 Å². The first kappa shape index (κ1) is 16.8. The molecule has 2 N–H and O–H groups in total. The van der Waals surface area contributed by atoms with Crippen molar-refractivity contribution in [2.24, 2.45) is 0 Å². The molecule has 1 heterocycles. The first-order valence-electron chi connectivity index (χ1n) is 7.31. The van der Waals surface area contributed by atoms with Crippen LogP contribution < -0.4 is 10.6 Å². The number of aryl methyl sites for hydroxylation is 2. The average Bonchev–Trinajstić information content (AvgIpc) is 2.49. The molecule has 0 fully saturated rings. The van der Waals surface area contributed by atoms with Gasteiger partial charge in [-0.25, -0.2) is 4.98 Å². The van der Waals surface area contributed by atoms with E-state index < -0.39 is 0 Å². The minimum Gasteiger partial charge on any atom is -0.362 e. The number of nitrogens with zero attached hydrogens (tertiary/aromatic N) is 1. The summed E-state index contributed by atoms with van der Waals surface area (Å²) < 4.78 is 0. The molecule has 0 saturated heterocycles. The van der Waals surface area contributed by atoms with Gasteiger partial charge in [-0.1, -0.05) is 23.8 Å². The first-order valence-corrected chi connectivity index (χ1v) is 8.71.